The summed E-state index contributed by atoms with van der Waals surface area (Å²) in [6.45, 7) is 4.03. The minimum atomic E-state index is 0.437. The predicted octanol–water partition coefficient (Wildman–Crippen LogP) is 3.87. The van der Waals surface area contributed by atoms with Gasteiger partial charge in [0.15, 0.2) is 0 Å². The molecule has 2 fully saturated rings. The minimum absolute atomic E-state index is 0.437. The van der Waals surface area contributed by atoms with Crippen LogP contribution in [0.2, 0.25) is 5.02 Å². The molecule has 0 unspecified atom stereocenters. The average molecular weight is 432 g/mol. The van der Waals surface area contributed by atoms with Crippen molar-refractivity contribution in [1.29, 1.82) is 0 Å². The largest absolute Gasteiger partial charge is 0.476 e. The Morgan fingerprint density at radius 3 is 2.57 bits per heavy atom. The maximum absolute atomic E-state index is 6.27. The second kappa shape index (κ2) is 10.3. The molecule has 7 nitrogen and oxygen atoms in total. The van der Waals surface area contributed by atoms with Gasteiger partial charge in [0.1, 0.15) is 5.02 Å². The zero-order valence-electron chi connectivity index (χ0n) is 17.4. The van der Waals surface area contributed by atoms with Crippen molar-refractivity contribution in [3.63, 3.8) is 0 Å². The standard InChI is InChI=1S/C22H30ClN5O2/c1-24-17-4-2-16(3-5-17)15-30-21-20(23)14-25-22(27-21)26-18-6-8-19(9-7-18)28-10-12-29-13-11-28/h6-9,14,16-17,24H,2-5,10-13,15H2,1H3,(H,25,26,27)/t16-,17-. The highest BCUT2D eigenvalue weighted by Crippen LogP contribution is 2.28. The molecule has 1 aliphatic carbocycles. The van der Waals surface area contributed by atoms with Gasteiger partial charge in [-0.05, 0) is 62.9 Å². The van der Waals surface area contributed by atoms with Crippen LogP contribution in [-0.4, -0.2) is 56.0 Å². The predicted molar refractivity (Wildman–Crippen MR) is 120 cm³/mol. The first kappa shape index (κ1) is 21.2. The van der Waals surface area contributed by atoms with Crippen LogP contribution in [0.3, 0.4) is 0 Å². The van der Waals surface area contributed by atoms with Crippen LogP contribution in [0.1, 0.15) is 25.7 Å². The highest BCUT2D eigenvalue weighted by atomic mass is 35.5. The van der Waals surface area contributed by atoms with E-state index in [1.807, 2.05) is 19.2 Å². The van der Waals surface area contributed by atoms with Crippen LogP contribution in [0, 0.1) is 5.92 Å². The number of halogens is 1. The number of hydrogen-bond donors (Lipinski definition) is 2. The molecule has 2 N–H and O–H groups in total. The van der Waals surface area contributed by atoms with Gasteiger partial charge in [0.2, 0.25) is 11.8 Å². The molecule has 0 radical (unpaired) electrons. The zero-order valence-corrected chi connectivity index (χ0v) is 18.2. The zero-order chi connectivity index (χ0) is 20.8. The van der Waals surface area contributed by atoms with Crippen molar-refractivity contribution >= 4 is 28.9 Å². The Bertz CT molecular complexity index is 806. The molecule has 0 spiro atoms. The van der Waals surface area contributed by atoms with Crippen LogP contribution in [0.25, 0.3) is 0 Å². The fourth-order valence-corrected chi connectivity index (χ4v) is 4.18. The van der Waals surface area contributed by atoms with Crippen molar-refractivity contribution < 1.29 is 9.47 Å². The summed E-state index contributed by atoms with van der Waals surface area (Å²) in [5.41, 5.74) is 2.11. The summed E-state index contributed by atoms with van der Waals surface area (Å²) in [6.07, 6.45) is 6.29. The number of rotatable bonds is 7. The lowest BCUT2D eigenvalue weighted by Gasteiger charge is -2.28. The van der Waals surface area contributed by atoms with Gasteiger partial charge in [-0.25, -0.2) is 4.98 Å². The molecular formula is C22H30ClN5O2. The summed E-state index contributed by atoms with van der Waals surface area (Å²) in [6, 6.07) is 8.90. The Hall–Kier alpha value is -2.09. The molecular weight excluding hydrogens is 402 g/mol. The molecule has 2 aliphatic rings. The van der Waals surface area contributed by atoms with Gasteiger partial charge in [-0.2, -0.15) is 4.98 Å². The number of hydrogen-bond acceptors (Lipinski definition) is 7. The molecule has 2 heterocycles. The van der Waals surface area contributed by atoms with Crippen LogP contribution in [-0.2, 0) is 4.74 Å². The maximum Gasteiger partial charge on any atom is 0.237 e. The molecule has 2 aromatic rings. The first-order valence-electron chi connectivity index (χ1n) is 10.7. The quantitative estimate of drug-likeness (QED) is 0.689. The molecule has 4 rings (SSSR count). The summed E-state index contributed by atoms with van der Waals surface area (Å²) < 4.78 is 11.4. The third kappa shape index (κ3) is 5.53. The molecule has 1 saturated carbocycles. The van der Waals surface area contributed by atoms with E-state index in [9.17, 15) is 0 Å². The third-order valence-corrected chi connectivity index (χ3v) is 6.18. The molecule has 0 atom stereocenters. The summed E-state index contributed by atoms with van der Waals surface area (Å²) in [5, 5.41) is 7.04. The number of aromatic nitrogens is 2. The van der Waals surface area contributed by atoms with Crippen LogP contribution in [0.5, 0.6) is 5.88 Å². The molecule has 30 heavy (non-hydrogen) atoms. The van der Waals surface area contributed by atoms with E-state index in [2.05, 4.69) is 37.6 Å². The van der Waals surface area contributed by atoms with Crippen molar-refractivity contribution in [2.24, 2.45) is 5.92 Å². The van der Waals surface area contributed by atoms with E-state index in [-0.39, 0.29) is 0 Å². The van der Waals surface area contributed by atoms with Crippen molar-refractivity contribution in [2.75, 3.05) is 50.2 Å². The lowest BCUT2D eigenvalue weighted by atomic mass is 9.87. The third-order valence-electron chi connectivity index (χ3n) is 5.92. The summed E-state index contributed by atoms with van der Waals surface area (Å²) in [4.78, 5) is 11.1. The van der Waals surface area contributed by atoms with Gasteiger partial charge < -0.3 is 25.0 Å². The second-order valence-corrected chi connectivity index (χ2v) is 8.34. The van der Waals surface area contributed by atoms with Gasteiger partial charge in [0.25, 0.3) is 0 Å². The number of nitrogens with one attached hydrogen (secondary N) is 2. The Balaban J connectivity index is 1.33. The molecule has 1 aromatic heterocycles. The fraction of sp³-hybridized carbons (Fsp3) is 0.545. The van der Waals surface area contributed by atoms with E-state index in [0.29, 0.717) is 35.4 Å². The fourth-order valence-electron chi connectivity index (χ4n) is 4.03. The first-order chi connectivity index (χ1) is 14.7. The number of anilines is 3. The van der Waals surface area contributed by atoms with E-state index in [1.165, 1.54) is 18.5 Å². The normalized spacial score (nSPS) is 22.0. The minimum Gasteiger partial charge on any atom is -0.476 e. The van der Waals surface area contributed by atoms with Crippen LogP contribution in [0.15, 0.2) is 30.5 Å². The van der Waals surface area contributed by atoms with Gasteiger partial charge in [-0.15, -0.1) is 0 Å². The van der Waals surface area contributed by atoms with Crippen molar-refractivity contribution in [3.8, 4) is 5.88 Å². The van der Waals surface area contributed by atoms with E-state index >= 15 is 0 Å². The van der Waals surface area contributed by atoms with E-state index in [1.54, 1.807) is 6.20 Å². The van der Waals surface area contributed by atoms with E-state index in [0.717, 1.165) is 44.8 Å². The van der Waals surface area contributed by atoms with Gasteiger partial charge >= 0.3 is 0 Å². The van der Waals surface area contributed by atoms with Crippen LogP contribution < -0.4 is 20.3 Å². The van der Waals surface area contributed by atoms with Gasteiger partial charge in [-0.1, -0.05) is 11.6 Å². The Kier molecular flexibility index (Phi) is 7.25. The van der Waals surface area contributed by atoms with Crippen molar-refractivity contribution in [3.05, 3.63) is 35.5 Å². The molecule has 1 aromatic carbocycles. The Morgan fingerprint density at radius 1 is 1.13 bits per heavy atom. The Labute approximate surface area is 183 Å². The second-order valence-electron chi connectivity index (χ2n) is 7.94. The highest BCUT2D eigenvalue weighted by molar-refractivity contribution is 6.31. The topological polar surface area (TPSA) is 71.5 Å². The monoisotopic (exact) mass is 431 g/mol. The van der Waals surface area contributed by atoms with E-state index < -0.39 is 0 Å². The van der Waals surface area contributed by atoms with Crippen LogP contribution >= 0.6 is 11.6 Å². The SMILES string of the molecule is CN[C@H]1CC[C@H](COc2nc(Nc3ccc(N4CCOCC4)cc3)ncc2Cl)CC1. The van der Waals surface area contributed by atoms with Gasteiger partial charge in [0, 0.05) is 30.5 Å². The van der Waals surface area contributed by atoms with Gasteiger partial charge in [-0.3, -0.25) is 0 Å². The molecule has 162 valence electrons. The number of ether oxygens (including phenoxy) is 2. The average Bonchev–Trinajstić information content (AvgIpc) is 2.81. The molecule has 1 aliphatic heterocycles. The van der Waals surface area contributed by atoms with Crippen LogP contribution in [0.4, 0.5) is 17.3 Å². The molecule has 0 amide bonds. The highest BCUT2D eigenvalue weighted by Gasteiger charge is 2.21. The Morgan fingerprint density at radius 2 is 1.87 bits per heavy atom. The molecule has 8 heteroatoms. The smallest absolute Gasteiger partial charge is 0.237 e. The number of nitrogens with zero attached hydrogens (tertiary/aromatic N) is 3. The summed E-state index contributed by atoms with van der Waals surface area (Å²) in [7, 11) is 2.03. The number of benzene rings is 1. The molecule has 1 saturated heterocycles. The maximum atomic E-state index is 6.27. The molecule has 0 bridgehead atoms. The van der Waals surface area contributed by atoms with Gasteiger partial charge in [0.05, 0.1) is 26.0 Å². The van der Waals surface area contributed by atoms with E-state index in [4.69, 9.17) is 21.1 Å². The lowest BCUT2D eigenvalue weighted by molar-refractivity contribution is 0.122. The lowest BCUT2D eigenvalue weighted by Crippen LogP contribution is -2.36. The van der Waals surface area contributed by atoms with Crippen molar-refractivity contribution in [1.82, 2.24) is 15.3 Å². The first-order valence-corrected chi connectivity index (χ1v) is 11.1. The number of morpholine rings is 1. The van der Waals surface area contributed by atoms with Crippen molar-refractivity contribution in [2.45, 2.75) is 31.7 Å². The summed E-state index contributed by atoms with van der Waals surface area (Å²) >= 11 is 6.27. The summed E-state index contributed by atoms with van der Waals surface area (Å²) in [5.74, 6) is 1.46.